The summed E-state index contributed by atoms with van der Waals surface area (Å²) >= 11 is 3.02. The van der Waals surface area contributed by atoms with Gasteiger partial charge in [0.25, 0.3) is 0 Å². The maximum Gasteiger partial charge on any atom is 0.235 e. The van der Waals surface area contributed by atoms with Gasteiger partial charge in [-0.05, 0) is 17.0 Å². The third-order valence-corrected chi connectivity index (χ3v) is 5.60. The minimum atomic E-state index is -0.478. The normalized spacial score (nSPS) is 12.2. The van der Waals surface area contributed by atoms with Crippen LogP contribution in [0.5, 0.6) is 0 Å². The van der Waals surface area contributed by atoms with E-state index >= 15 is 0 Å². The molecule has 0 unspecified atom stereocenters. The summed E-state index contributed by atoms with van der Waals surface area (Å²) in [6.07, 6.45) is 0.730. The summed E-state index contributed by atoms with van der Waals surface area (Å²) in [5.74, 6) is 0.482. The molecule has 7 heteroatoms. The van der Waals surface area contributed by atoms with Gasteiger partial charge in [0.2, 0.25) is 5.91 Å². The smallest absolute Gasteiger partial charge is 0.235 e. The van der Waals surface area contributed by atoms with Crippen molar-refractivity contribution < 1.29 is 4.79 Å². The maximum absolute atomic E-state index is 11.8. The van der Waals surface area contributed by atoms with Gasteiger partial charge in [0.15, 0.2) is 5.16 Å². The number of benzene rings is 1. The molecule has 0 saturated carbocycles. The molecule has 0 bridgehead atoms. The lowest BCUT2D eigenvalue weighted by molar-refractivity contribution is -0.117. The van der Waals surface area contributed by atoms with Crippen LogP contribution in [0.15, 0.2) is 53.0 Å². The van der Waals surface area contributed by atoms with E-state index in [2.05, 4.69) is 16.3 Å². The summed E-state index contributed by atoms with van der Waals surface area (Å²) in [7, 11) is 1.91. The molecule has 0 fully saturated rings. The highest BCUT2D eigenvalue weighted by atomic mass is 32.2. The van der Waals surface area contributed by atoms with Crippen LogP contribution >= 0.6 is 23.1 Å². The van der Waals surface area contributed by atoms with Crippen LogP contribution in [0.25, 0.3) is 0 Å². The molecule has 118 valence electrons. The van der Waals surface area contributed by atoms with Crippen molar-refractivity contribution in [2.75, 3.05) is 0 Å². The lowest BCUT2D eigenvalue weighted by atomic mass is 10.1. The number of amides is 1. The quantitative estimate of drug-likeness (QED) is 0.698. The number of hydrogen-bond acceptors (Lipinski definition) is 5. The van der Waals surface area contributed by atoms with Crippen molar-refractivity contribution in [2.24, 2.45) is 12.8 Å². The molecule has 5 nitrogen and oxygen atoms in total. The van der Waals surface area contributed by atoms with Crippen LogP contribution in [-0.2, 0) is 18.3 Å². The summed E-state index contributed by atoms with van der Waals surface area (Å²) in [6.45, 7) is 0. The molecule has 1 amide bonds. The molecule has 3 rings (SSSR count). The molecular weight excluding hydrogens is 328 g/mol. The lowest BCUT2D eigenvalue weighted by Crippen LogP contribution is -2.19. The average molecular weight is 344 g/mol. The number of thioether (sulfide) groups is 1. The van der Waals surface area contributed by atoms with Crippen LogP contribution in [0.1, 0.15) is 21.5 Å². The van der Waals surface area contributed by atoms with Gasteiger partial charge in [0, 0.05) is 18.3 Å². The zero-order valence-electron chi connectivity index (χ0n) is 12.5. The van der Waals surface area contributed by atoms with E-state index < -0.39 is 5.25 Å². The van der Waals surface area contributed by atoms with Crippen molar-refractivity contribution in [3.63, 3.8) is 0 Å². The van der Waals surface area contributed by atoms with E-state index in [1.165, 1.54) is 16.6 Å². The molecule has 0 saturated heterocycles. The molecule has 2 aromatic heterocycles. The van der Waals surface area contributed by atoms with Gasteiger partial charge in [-0.3, -0.25) is 4.79 Å². The van der Waals surface area contributed by atoms with E-state index in [1.54, 1.807) is 11.3 Å². The van der Waals surface area contributed by atoms with Gasteiger partial charge in [-0.25, -0.2) is 0 Å². The molecule has 2 N–H and O–H groups in total. The monoisotopic (exact) mass is 344 g/mol. The van der Waals surface area contributed by atoms with Gasteiger partial charge in [0.1, 0.15) is 11.1 Å². The van der Waals surface area contributed by atoms with Crippen LogP contribution in [0.4, 0.5) is 0 Å². The molecular formula is C16H16N4OS2. The van der Waals surface area contributed by atoms with Crippen molar-refractivity contribution in [3.8, 4) is 0 Å². The fourth-order valence-corrected chi connectivity index (χ4v) is 3.87. The van der Waals surface area contributed by atoms with E-state index in [4.69, 9.17) is 5.73 Å². The molecule has 1 atom stereocenters. The van der Waals surface area contributed by atoms with Crippen LogP contribution in [-0.4, -0.2) is 20.7 Å². The van der Waals surface area contributed by atoms with Crippen molar-refractivity contribution in [2.45, 2.75) is 16.8 Å². The van der Waals surface area contributed by atoms with Gasteiger partial charge >= 0.3 is 0 Å². The average Bonchev–Trinajstić information content (AvgIpc) is 3.18. The number of nitrogens with two attached hydrogens (primary N) is 1. The Labute approximate surface area is 142 Å². The van der Waals surface area contributed by atoms with Crippen molar-refractivity contribution >= 4 is 29.0 Å². The SMILES string of the molecule is Cn1c(Cc2cccs2)nnc1S[C@H](C(N)=O)c1ccccc1. The number of nitrogens with zero attached hydrogens (tertiary/aromatic N) is 3. The van der Waals surface area contributed by atoms with Gasteiger partial charge in [-0.15, -0.1) is 21.5 Å². The Balaban J connectivity index is 1.81. The number of primary amides is 1. The summed E-state index contributed by atoms with van der Waals surface area (Å²) in [4.78, 5) is 13.1. The highest BCUT2D eigenvalue weighted by Gasteiger charge is 2.22. The number of aromatic nitrogens is 3. The molecule has 0 spiro atoms. The molecule has 3 aromatic rings. The largest absolute Gasteiger partial charge is 0.368 e. The Hall–Kier alpha value is -2.12. The predicted molar refractivity (Wildman–Crippen MR) is 92.4 cm³/mol. The van der Waals surface area contributed by atoms with E-state index in [-0.39, 0.29) is 5.91 Å². The fourth-order valence-electron chi connectivity index (χ4n) is 2.19. The fraction of sp³-hybridized carbons (Fsp3) is 0.188. The minimum Gasteiger partial charge on any atom is -0.368 e. The van der Waals surface area contributed by atoms with Crippen molar-refractivity contribution in [1.29, 1.82) is 0 Å². The Morgan fingerprint density at radius 3 is 2.70 bits per heavy atom. The van der Waals surface area contributed by atoms with Crippen molar-refractivity contribution in [1.82, 2.24) is 14.8 Å². The first-order valence-corrected chi connectivity index (χ1v) is 8.82. The molecule has 0 radical (unpaired) electrons. The summed E-state index contributed by atoms with van der Waals surface area (Å²) in [5, 5.41) is 10.7. The molecule has 0 aliphatic rings. The Bertz CT molecular complexity index is 784. The second-order valence-corrected chi connectivity index (χ2v) is 7.13. The third-order valence-electron chi connectivity index (χ3n) is 3.42. The summed E-state index contributed by atoms with van der Waals surface area (Å²) < 4.78 is 1.92. The molecule has 0 aliphatic carbocycles. The Morgan fingerprint density at radius 1 is 1.26 bits per heavy atom. The second-order valence-electron chi connectivity index (χ2n) is 5.02. The van der Waals surface area contributed by atoms with Crippen molar-refractivity contribution in [3.05, 3.63) is 64.1 Å². The van der Waals surface area contributed by atoms with Gasteiger partial charge in [-0.2, -0.15) is 0 Å². The molecule has 0 aliphatic heterocycles. The van der Waals surface area contributed by atoms with Crippen LogP contribution in [0.3, 0.4) is 0 Å². The van der Waals surface area contributed by atoms with Gasteiger partial charge < -0.3 is 10.3 Å². The standard InChI is InChI=1S/C16H16N4OS2/c1-20-13(10-12-8-5-9-22-12)18-19-16(20)23-14(15(17)21)11-6-3-2-4-7-11/h2-9,14H,10H2,1H3,(H2,17,21)/t14-/m0/s1. The highest BCUT2D eigenvalue weighted by molar-refractivity contribution is 8.00. The minimum absolute atomic E-state index is 0.385. The van der Waals surface area contributed by atoms with Crippen LogP contribution in [0.2, 0.25) is 0 Å². The second kappa shape index (κ2) is 6.97. The number of rotatable bonds is 6. The first-order valence-electron chi connectivity index (χ1n) is 7.06. The first-order chi connectivity index (χ1) is 11.1. The number of hydrogen-bond donors (Lipinski definition) is 1. The van der Waals surface area contributed by atoms with Crippen LogP contribution < -0.4 is 5.73 Å². The van der Waals surface area contributed by atoms with E-state index in [9.17, 15) is 4.79 Å². The Morgan fingerprint density at radius 2 is 2.04 bits per heavy atom. The van der Waals surface area contributed by atoms with E-state index in [0.29, 0.717) is 5.16 Å². The number of thiophene rings is 1. The predicted octanol–water partition coefficient (Wildman–Crippen LogP) is 2.79. The maximum atomic E-state index is 11.8. The molecule has 2 heterocycles. The van der Waals surface area contributed by atoms with Gasteiger partial charge in [-0.1, -0.05) is 48.2 Å². The zero-order valence-corrected chi connectivity index (χ0v) is 14.2. The lowest BCUT2D eigenvalue weighted by Gasteiger charge is -2.12. The number of carbonyl (C=O) groups is 1. The first kappa shape index (κ1) is 15.8. The summed E-state index contributed by atoms with van der Waals surface area (Å²) in [5.41, 5.74) is 6.44. The third kappa shape index (κ3) is 3.62. The number of carbonyl (C=O) groups excluding carboxylic acids is 1. The summed E-state index contributed by atoms with van der Waals surface area (Å²) in [6, 6.07) is 13.6. The Kier molecular flexibility index (Phi) is 4.78. The topological polar surface area (TPSA) is 73.8 Å². The van der Waals surface area contributed by atoms with Crippen LogP contribution in [0, 0.1) is 0 Å². The van der Waals surface area contributed by atoms with E-state index in [1.807, 2.05) is 53.4 Å². The van der Waals surface area contributed by atoms with Gasteiger partial charge in [0.05, 0.1) is 0 Å². The highest BCUT2D eigenvalue weighted by Crippen LogP contribution is 2.34. The molecule has 1 aromatic carbocycles. The zero-order chi connectivity index (χ0) is 16.2. The van der Waals surface area contributed by atoms with E-state index in [0.717, 1.165) is 17.8 Å². The molecule has 23 heavy (non-hydrogen) atoms.